The molecule has 0 bridgehead atoms. The molecular formula is C18H21F2N5O2. The third kappa shape index (κ3) is 4.13. The second kappa shape index (κ2) is 7.07. The Hall–Kier alpha value is -2.81. The minimum atomic E-state index is -0.864. The van der Waals surface area contributed by atoms with Crippen molar-refractivity contribution in [3.8, 4) is 11.8 Å². The third-order valence-electron chi connectivity index (χ3n) is 3.77. The Kier molecular flexibility index (Phi) is 4.97. The maximum Gasteiger partial charge on any atom is 0.326 e. The van der Waals surface area contributed by atoms with E-state index >= 15 is 0 Å². The van der Waals surface area contributed by atoms with Crippen molar-refractivity contribution in [2.75, 3.05) is 11.9 Å². The van der Waals surface area contributed by atoms with E-state index in [-0.39, 0.29) is 23.7 Å². The lowest BCUT2D eigenvalue weighted by Gasteiger charge is -2.17. The van der Waals surface area contributed by atoms with E-state index in [1.165, 1.54) is 0 Å². The predicted octanol–water partition coefficient (Wildman–Crippen LogP) is 3.51. The number of fused-ring (bicyclic) bond motifs is 1. The van der Waals surface area contributed by atoms with Crippen LogP contribution in [0.15, 0.2) is 18.2 Å². The highest BCUT2D eigenvalue weighted by molar-refractivity contribution is 5.90. The van der Waals surface area contributed by atoms with Crippen LogP contribution in [0.25, 0.3) is 11.0 Å². The van der Waals surface area contributed by atoms with Gasteiger partial charge in [0.1, 0.15) is 11.6 Å². The summed E-state index contributed by atoms with van der Waals surface area (Å²) in [6.45, 7) is 7.88. The summed E-state index contributed by atoms with van der Waals surface area (Å²) < 4.78 is 32.4. The van der Waals surface area contributed by atoms with Gasteiger partial charge < -0.3 is 15.2 Å². The molecule has 0 amide bonds. The number of ether oxygens (including phenoxy) is 1. The Morgan fingerprint density at radius 3 is 2.63 bits per heavy atom. The molecule has 0 aliphatic heterocycles. The lowest BCUT2D eigenvalue weighted by Crippen LogP contribution is -2.18. The van der Waals surface area contributed by atoms with Crippen molar-refractivity contribution < 1.29 is 18.6 Å². The van der Waals surface area contributed by atoms with Gasteiger partial charge in [-0.1, -0.05) is 20.8 Å². The van der Waals surface area contributed by atoms with Gasteiger partial charge in [0.15, 0.2) is 17.2 Å². The molecule has 2 heterocycles. The first kappa shape index (κ1) is 19.0. The Balaban J connectivity index is 2.07. The number of hydrogen-bond acceptors (Lipinski definition) is 6. The molecule has 27 heavy (non-hydrogen) atoms. The number of aromatic nitrogens is 4. The van der Waals surface area contributed by atoms with Crippen molar-refractivity contribution in [2.24, 2.45) is 0 Å². The highest BCUT2D eigenvalue weighted by Gasteiger charge is 2.25. The van der Waals surface area contributed by atoms with E-state index in [9.17, 15) is 13.9 Å². The fourth-order valence-corrected chi connectivity index (χ4v) is 2.53. The van der Waals surface area contributed by atoms with Gasteiger partial charge >= 0.3 is 6.01 Å². The largest absolute Gasteiger partial charge is 0.421 e. The van der Waals surface area contributed by atoms with E-state index in [0.717, 1.165) is 17.8 Å². The second-order valence-electron chi connectivity index (χ2n) is 7.31. The van der Waals surface area contributed by atoms with Gasteiger partial charge in [-0.3, -0.25) is 5.10 Å². The molecule has 144 valence electrons. The molecule has 2 aromatic heterocycles. The van der Waals surface area contributed by atoms with Gasteiger partial charge in [0.25, 0.3) is 0 Å². The molecule has 3 aromatic rings. The number of anilines is 1. The van der Waals surface area contributed by atoms with Crippen molar-refractivity contribution in [1.82, 2.24) is 20.2 Å². The van der Waals surface area contributed by atoms with Crippen LogP contribution in [-0.4, -0.2) is 37.9 Å². The maximum atomic E-state index is 13.9. The van der Waals surface area contributed by atoms with Crippen LogP contribution in [0.4, 0.5) is 14.6 Å². The highest BCUT2D eigenvalue weighted by atomic mass is 19.1. The zero-order chi connectivity index (χ0) is 19.8. The number of nitrogens with one attached hydrogen (secondary N) is 2. The Morgan fingerprint density at radius 2 is 2.00 bits per heavy atom. The van der Waals surface area contributed by atoms with E-state index in [2.05, 4.69) is 25.5 Å². The molecule has 0 unspecified atom stereocenters. The second-order valence-corrected chi connectivity index (χ2v) is 7.31. The van der Waals surface area contributed by atoms with Crippen LogP contribution in [-0.2, 0) is 5.41 Å². The fourth-order valence-electron chi connectivity index (χ4n) is 2.53. The average molecular weight is 377 g/mol. The number of aliphatic hydroxyl groups is 1. The van der Waals surface area contributed by atoms with Crippen molar-refractivity contribution in [2.45, 2.75) is 39.2 Å². The summed E-state index contributed by atoms with van der Waals surface area (Å²) in [6, 6.07) is 2.82. The fraction of sp³-hybridized carbons (Fsp3) is 0.389. The quantitative estimate of drug-likeness (QED) is 0.630. The Labute approximate surface area is 154 Å². The molecule has 3 N–H and O–H groups in total. The predicted molar refractivity (Wildman–Crippen MR) is 97.0 cm³/mol. The molecule has 9 heteroatoms. The van der Waals surface area contributed by atoms with Crippen LogP contribution >= 0.6 is 0 Å². The standard InChI is InChI=1S/C18H21F2N5O2/c1-9(26)8-21-15-13-14(18(2,3)4)24-25-16(13)23-17(22-15)27-12-6-5-10(19)7-11(12)20/h5-7,9,26H,8H2,1-4H3,(H2,21,22,23,24,25)/t9-/m0/s1. The molecular weight excluding hydrogens is 356 g/mol. The van der Waals surface area contributed by atoms with Gasteiger partial charge in [-0.25, -0.2) is 8.78 Å². The van der Waals surface area contributed by atoms with E-state index in [4.69, 9.17) is 4.74 Å². The van der Waals surface area contributed by atoms with Gasteiger partial charge in [0.05, 0.1) is 17.2 Å². The minimum Gasteiger partial charge on any atom is -0.421 e. The first-order valence-corrected chi connectivity index (χ1v) is 8.46. The third-order valence-corrected chi connectivity index (χ3v) is 3.77. The number of halogens is 2. The molecule has 0 saturated carbocycles. The maximum absolute atomic E-state index is 13.9. The smallest absolute Gasteiger partial charge is 0.326 e. The molecule has 1 aromatic carbocycles. The Bertz CT molecular complexity index is 966. The van der Waals surface area contributed by atoms with Crippen LogP contribution in [0, 0.1) is 11.6 Å². The van der Waals surface area contributed by atoms with Gasteiger partial charge in [-0.15, -0.1) is 0 Å². The normalized spacial score (nSPS) is 13.0. The van der Waals surface area contributed by atoms with Crippen LogP contribution < -0.4 is 10.1 Å². The van der Waals surface area contributed by atoms with Crippen LogP contribution in [0.2, 0.25) is 0 Å². The molecule has 0 aliphatic carbocycles. The molecule has 0 fully saturated rings. The zero-order valence-electron chi connectivity index (χ0n) is 15.5. The van der Waals surface area contributed by atoms with Gasteiger partial charge in [-0.2, -0.15) is 15.1 Å². The molecule has 1 atom stereocenters. The zero-order valence-corrected chi connectivity index (χ0v) is 15.5. The topological polar surface area (TPSA) is 96.0 Å². The summed E-state index contributed by atoms with van der Waals surface area (Å²) in [5.41, 5.74) is 0.861. The summed E-state index contributed by atoms with van der Waals surface area (Å²) >= 11 is 0. The van der Waals surface area contributed by atoms with Crippen molar-refractivity contribution >= 4 is 16.9 Å². The summed E-state index contributed by atoms with van der Waals surface area (Å²) in [4.78, 5) is 8.54. The highest BCUT2D eigenvalue weighted by Crippen LogP contribution is 2.33. The number of hydrogen-bond donors (Lipinski definition) is 3. The van der Waals surface area contributed by atoms with Crippen molar-refractivity contribution in [1.29, 1.82) is 0 Å². The van der Waals surface area contributed by atoms with E-state index in [1.54, 1.807) is 6.92 Å². The minimum absolute atomic E-state index is 0.134. The molecule has 0 radical (unpaired) electrons. The SMILES string of the molecule is C[C@H](O)CNc1nc(Oc2ccc(F)cc2F)nc2[nH]nc(C(C)(C)C)c12. The first-order valence-electron chi connectivity index (χ1n) is 8.46. The Morgan fingerprint density at radius 1 is 1.26 bits per heavy atom. The van der Waals surface area contributed by atoms with Crippen LogP contribution in [0.3, 0.4) is 0 Å². The van der Waals surface area contributed by atoms with Gasteiger partial charge in [0, 0.05) is 18.0 Å². The molecule has 0 aliphatic rings. The molecule has 7 nitrogen and oxygen atoms in total. The first-order chi connectivity index (χ1) is 12.6. The van der Waals surface area contributed by atoms with E-state index in [0.29, 0.717) is 22.9 Å². The van der Waals surface area contributed by atoms with Gasteiger partial charge in [0.2, 0.25) is 0 Å². The van der Waals surface area contributed by atoms with E-state index < -0.39 is 17.7 Å². The van der Waals surface area contributed by atoms with Crippen LogP contribution in [0.5, 0.6) is 11.8 Å². The number of aliphatic hydroxyl groups excluding tert-OH is 1. The number of rotatable bonds is 5. The summed E-state index contributed by atoms with van der Waals surface area (Å²) in [5.74, 6) is -1.37. The molecule has 0 saturated heterocycles. The lowest BCUT2D eigenvalue weighted by molar-refractivity contribution is 0.208. The lowest BCUT2D eigenvalue weighted by atomic mass is 9.90. The molecule has 3 rings (SSSR count). The number of nitrogens with zero attached hydrogens (tertiary/aromatic N) is 3. The molecule has 0 spiro atoms. The monoisotopic (exact) mass is 377 g/mol. The van der Waals surface area contributed by atoms with E-state index in [1.807, 2.05) is 20.8 Å². The van der Waals surface area contributed by atoms with Gasteiger partial charge in [-0.05, 0) is 19.1 Å². The van der Waals surface area contributed by atoms with Crippen molar-refractivity contribution in [3.05, 3.63) is 35.5 Å². The van der Waals surface area contributed by atoms with Crippen molar-refractivity contribution in [3.63, 3.8) is 0 Å². The number of benzene rings is 1. The summed E-state index contributed by atoms with van der Waals surface area (Å²) in [6.07, 6.45) is -0.612. The summed E-state index contributed by atoms with van der Waals surface area (Å²) in [7, 11) is 0. The number of H-pyrrole nitrogens is 1. The summed E-state index contributed by atoms with van der Waals surface area (Å²) in [5, 5.41) is 20.4. The van der Waals surface area contributed by atoms with Crippen LogP contribution in [0.1, 0.15) is 33.4 Å². The average Bonchev–Trinajstić information content (AvgIpc) is 2.99. The number of aromatic amines is 1.